The van der Waals surface area contributed by atoms with Crippen LogP contribution in [0.5, 0.6) is 11.5 Å². The molecule has 0 aliphatic heterocycles. The van der Waals surface area contributed by atoms with Crippen molar-refractivity contribution >= 4 is 5.82 Å². The van der Waals surface area contributed by atoms with Gasteiger partial charge in [-0.2, -0.15) is 5.10 Å². The molecule has 0 unspecified atom stereocenters. The predicted molar refractivity (Wildman–Crippen MR) is 79.2 cm³/mol. The normalized spacial score (nSPS) is 12.2. The second kappa shape index (κ2) is 6.32. The minimum Gasteiger partial charge on any atom is -0.504 e. The molecule has 0 aliphatic rings. The Morgan fingerprint density at radius 3 is 2.90 bits per heavy atom. The zero-order chi connectivity index (χ0) is 14.5. The van der Waals surface area contributed by atoms with Crippen molar-refractivity contribution in [3.05, 3.63) is 36.0 Å². The first-order chi connectivity index (χ1) is 9.63. The standard InChI is InChI=1S/C15H21N3O2/c1-4-11(2)18-8-7-15(17-18)16-10-12-5-6-13(19)14(9-12)20-3/h5-9,11,19H,4,10H2,1-3H3,(H,16,17)/t11-/m0/s1. The van der Waals surface area contributed by atoms with Crippen molar-refractivity contribution in [1.29, 1.82) is 0 Å². The first-order valence-corrected chi connectivity index (χ1v) is 6.79. The van der Waals surface area contributed by atoms with Gasteiger partial charge in [-0.15, -0.1) is 0 Å². The molecule has 0 saturated heterocycles. The number of phenols is 1. The van der Waals surface area contributed by atoms with E-state index < -0.39 is 0 Å². The van der Waals surface area contributed by atoms with Gasteiger partial charge in [-0.25, -0.2) is 0 Å². The Balaban J connectivity index is 2.00. The smallest absolute Gasteiger partial charge is 0.160 e. The Morgan fingerprint density at radius 2 is 2.20 bits per heavy atom. The molecule has 1 aromatic carbocycles. The number of anilines is 1. The van der Waals surface area contributed by atoms with E-state index in [4.69, 9.17) is 4.74 Å². The van der Waals surface area contributed by atoms with Gasteiger partial charge in [0, 0.05) is 24.8 Å². The second-order valence-electron chi connectivity index (χ2n) is 4.80. The molecule has 1 heterocycles. The van der Waals surface area contributed by atoms with Crippen LogP contribution in [0, 0.1) is 0 Å². The van der Waals surface area contributed by atoms with Gasteiger partial charge in [0.15, 0.2) is 11.5 Å². The number of ether oxygens (including phenoxy) is 1. The summed E-state index contributed by atoms with van der Waals surface area (Å²) in [6.07, 6.45) is 3.03. The molecular formula is C15H21N3O2. The zero-order valence-electron chi connectivity index (χ0n) is 12.1. The van der Waals surface area contributed by atoms with E-state index in [9.17, 15) is 5.11 Å². The number of nitrogens with one attached hydrogen (secondary N) is 1. The molecule has 20 heavy (non-hydrogen) atoms. The lowest BCUT2D eigenvalue weighted by molar-refractivity contribution is 0.373. The molecule has 0 fully saturated rings. The average molecular weight is 275 g/mol. The molecule has 0 aliphatic carbocycles. The van der Waals surface area contributed by atoms with E-state index in [0.717, 1.165) is 17.8 Å². The molecule has 2 N–H and O–H groups in total. The van der Waals surface area contributed by atoms with Crippen LogP contribution in [0.25, 0.3) is 0 Å². The molecule has 1 aromatic heterocycles. The maximum atomic E-state index is 9.55. The van der Waals surface area contributed by atoms with Gasteiger partial charge >= 0.3 is 0 Å². The number of aromatic hydroxyl groups is 1. The fourth-order valence-corrected chi connectivity index (χ4v) is 1.89. The summed E-state index contributed by atoms with van der Waals surface area (Å²) in [5.41, 5.74) is 1.03. The SMILES string of the molecule is CC[C@H](C)n1ccc(NCc2ccc(O)c(OC)c2)n1. The highest BCUT2D eigenvalue weighted by molar-refractivity contribution is 5.43. The lowest BCUT2D eigenvalue weighted by Crippen LogP contribution is -2.06. The number of benzene rings is 1. The molecule has 1 atom stereocenters. The Labute approximate surface area is 119 Å². The number of methoxy groups -OCH3 is 1. The highest BCUT2D eigenvalue weighted by Gasteiger charge is 2.06. The minimum atomic E-state index is 0.150. The number of phenolic OH excluding ortho intramolecular Hbond substituents is 1. The molecule has 0 saturated carbocycles. The van der Waals surface area contributed by atoms with Crippen molar-refractivity contribution in [1.82, 2.24) is 9.78 Å². The summed E-state index contributed by atoms with van der Waals surface area (Å²) in [6, 6.07) is 7.67. The van der Waals surface area contributed by atoms with Crippen LogP contribution in [0.3, 0.4) is 0 Å². The summed E-state index contributed by atoms with van der Waals surface area (Å²) < 4.78 is 7.05. The summed E-state index contributed by atoms with van der Waals surface area (Å²) in [5, 5.41) is 17.3. The molecule has 0 radical (unpaired) electrons. The molecule has 0 spiro atoms. The van der Waals surface area contributed by atoms with Crippen LogP contribution in [-0.2, 0) is 6.54 Å². The zero-order valence-corrected chi connectivity index (χ0v) is 12.1. The maximum absolute atomic E-state index is 9.55. The summed E-state index contributed by atoms with van der Waals surface area (Å²) in [7, 11) is 1.54. The lowest BCUT2D eigenvalue weighted by atomic mass is 10.2. The van der Waals surface area contributed by atoms with Crippen molar-refractivity contribution in [2.75, 3.05) is 12.4 Å². The van der Waals surface area contributed by atoms with Gasteiger partial charge in [0.25, 0.3) is 0 Å². The number of hydrogen-bond acceptors (Lipinski definition) is 4. The summed E-state index contributed by atoms with van der Waals surface area (Å²) in [6.45, 7) is 4.91. The van der Waals surface area contributed by atoms with Crippen LogP contribution in [0.15, 0.2) is 30.5 Å². The first kappa shape index (κ1) is 14.2. The van der Waals surface area contributed by atoms with Crippen molar-refractivity contribution in [2.24, 2.45) is 0 Å². The van der Waals surface area contributed by atoms with Crippen LogP contribution in [0.4, 0.5) is 5.82 Å². The van der Waals surface area contributed by atoms with Crippen LogP contribution in [0.2, 0.25) is 0 Å². The van der Waals surface area contributed by atoms with Gasteiger partial charge in [0.1, 0.15) is 5.82 Å². The average Bonchev–Trinajstić information content (AvgIpc) is 2.94. The summed E-state index contributed by atoms with van der Waals surface area (Å²) in [5.74, 6) is 1.48. The Morgan fingerprint density at radius 1 is 1.40 bits per heavy atom. The van der Waals surface area contributed by atoms with Gasteiger partial charge in [0.2, 0.25) is 0 Å². The number of nitrogens with zero attached hydrogens (tertiary/aromatic N) is 2. The second-order valence-corrected chi connectivity index (χ2v) is 4.80. The van der Waals surface area contributed by atoms with Crippen LogP contribution in [0.1, 0.15) is 31.9 Å². The third-order valence-electron chi connectivity index (χ3n) is 3.37. The Hall–Kier alpha value is -2.17. The molecule has 0 bridgehead atoms. The van der Waals surface area contributed by atoms with Gasteiger partial charge in [-0.05, 0) is 31.0 Å². The molecule has 5 nitrogen and oxygen atoms in total. The van der Waals surface area contributed by atoms with E-state index in [1.807, 2.05) is 29.1 Å². The van der Waals surface area contributed by atoms with Crippen molar-refractivity contribution < 1.29 is 9.84 Å². The largest absolute Gasteiger partial charge is 0.504 e. The predicted octanol–water partition coefficient (Wildman–Crippen LogP) is 3.18. The van der Waals surface area contributed by atoms with Gasteiger partial charge in [-0.1, -0.05) is 13.0 Å². The Kier molecular flexibility index (Phi) is 4.50. The lowest BCUT2D eigenvalue weighted by Gasteiger charge is -2.09. The fraction of sp³-hybridized carbons (Fsp3) is 0.400. The van der Waals surface area contributed by atoms with E-state index in [2.05, 4.69) is 24.3 Å². The number of rotatable bonds is 6. The number of aromatic nitrogens is 2. The fourth-order valence-electron chi connectivity index (χ4n) is 1.89. The molecule has 5 heteroatoms. The van der Waals surface area contributed by atoms with Crippen molar-refractivity contribution in [3.8, 4) is 11.5 Å². The third-order valence-corrected chi connectivity index (χ3v) is 3.37. The molecule has 0 amide bonds. The van der Waals surface area contributed by atoms with E-state index in [-0.39, 0.29) is 5.75 Å². The van der Waals surface area contributed by atoms with Crippen LogP contribution < -0.4 is 10.1 Å². The van der Waals surface area contributed by atoms with Crippen LogP contribution in [-0.4, -0.2) is 22.0 Å². The van der Waals surface area contributed by atoms with Gasteiger partial charge in [0.05, 0.1) is 7.11 Å². The van der Waals surface area contributed by atoms with Gasteiger partial charge < -0.3 is 15.2 Å². The molecular weight excluding hydrogens is 254 g/mol. The third kappa shape index (κ3) is 3.23. The van der Waals surface area contributed by atoms with E-state index >= 15 is 0 Å². The van der Waals surface area contributed by atoms with E-state index in [1.165, 1.54) is 0 Å². The summed E-state index contributed by atoms with van der Waals surface area (Å²) in [4.78, 5) is 0. The highest BCUT2D eigenvalue weighted by atomic mass is 16.5. The van der Waals surface area contributed by atoms with Crippen molar-refractivity contribution in [3.63, 3.8) is 0 Å². The van der Waals surface area contributed by atoms with E-state index in [0.29, 0.717) is 18.3 Å². The highest BCUT2D eigenvalue weighted by Crippen LogP contribution is 2.26. The first-order valence-electron chi connectivity index (χ1n) is 6.79. The van der Waals surface area contributed by atoms with E-state index in [1.54, 1.807) is 13.2 Å². The summed E-state index contributed by atoms with van der Waals surface area (Å²) >= 11 is 0. The molecule has 2 rings (SSSR count). The quantitative estimate of drug-likeness (QED) is 0.850. The monoisotopic (exact) mass is 275 g/mol. The van der Waals surface area contributed by atoms with Crippen LogP contribution >= 0.6 is 0 Å². The maximum Gasteiger partial charge on any atom is 0.160 e. The van der Waals surface area contributed by atoms with Crippen molar-refractivity contribution in [2.45, 2.75) is 32.9 Å². The topological polar surface area (TPSA) is 59.3 Å². The van der Waals surface area contributed by atoms with Gasteiger partial charge in [-0.3, -0.25) is 4.68 Å². The minimum absolute atomic E-state index is 0.150. The number of hydrogen-bond donors (Lipinski definition) is 2. The molecule has 108 valence electrons. The Bertz CT molecular complexity index is 566. The molecule has 2 aromatic rings.